The molecule has 816 valence electrons. The van der Waals surface area contributed by atoms with Gasteiger partial charge in [-0.1, -0.05) is 118 Å². The molecule has 150 heavy (non-hydrogen) atoms. The number of amides is 5. The van der Waals surface area contributed by atoms with Gasteiger partial charge < -0.3 is 76.8 Å². The quantitative estimate of drug-likeness (QED) is 0.00806. The van der Waals surface area contributed by atoms with Gasteiger partial charge in [0.2, 0.25) is 49.5 Å². The molecule has 3 unspecified atom stereocenters. The molecule has 5 amide bonds. The first-order valence-corrected chi connectivity index (χ1v) is 50.9. The number of anilines is 3. The van der Waals surface area contributed by atoms with Crippen LogP contribution in [0.25, 0.3) is 21.5 Å². The lowest BCUT2D eigenvalue weighted by Gasteiger charge is -2.36. The number of carboxylic acid groups (broad SMARTS) is 3. The summed E-state index contributed by atoms with van der Waals surface area (Å²) < 4.78 is 78.2. The second kappa shape index (κ2) is 50.1. The number of likely N-dealkylation sites (tertiary alicyclic amines) is 1. The Balaban J connectivity index is 0.000000271. The Bertz CT molecular complexity index is 6620. The average Bonchev–Trinajstić information content (AvgIpc) is 1.56. The number of sulfonamides is 2. The van der Waals surface area contributed by atoms with Gasteiger partial charge in [-0.15, -0.1) is 38.0 Å². The first-order valence-electron chi connectivity index (χ1n) is 46.2. The molecule has 47 nitrogen and oxygen atoms in total. The van der Waals surface area contributed by atoms with Crippen LogP contribution in [-0.4, -0.2) is 231 Å². The van der Waals surface area contributed by atoms with Crippen molar-refractivity contribution in [3.05, 3.63) is 201 Å². The third-order valence-electron chi connectivity index (χ3n) is 24.8. The SMILES string of the molecule is C=C[C@@H]1C[C@]1(NC(=O)[C@@H]1C[C@@H](Oc2ncc(OC)c3ccc(Cl)cc23)CN1)C(=O)NS(=O)(=O)C1CC1.C=C[C@@H]1C[C@]1(NC(=O)[C@@H]1C[C@@H](Oc2ncc(OC)c3ccc(Cl)cc23)CN1C(=O)C(Nc1cc(C)c([N+](=O)[O-])cn1)C(C)(C)C)C(=O)NS(=O)(=O)C1CC1.CC(C)(C)[C@H](N)C(=O)O.Cc1cc(Br)ncc1[N+](=O)[O-].Cc1cc(NC(C(=O)O)C(C)(C)C)ncc1[N+](=O)[O-].Cc1cc(NC(C(=O)O)C(C)(C)C)ncc1[N+](=O)[O-].Cl.Cl. The molecule has 2 aromatic carbocycles. The van der Waals surface area contributed by atoms with Crippen molar-refractivity contribution < 1.29 is 109 Å². The first-order chi connectivity index (χ1) is 68.8. The van der Waals surface area contributed by atoms with E-state index in [9.17, 15) is 106 Å². The number of nitrogens with two attached hydrogens (primary N) is 1. The number of aliphatic carboxylic acids is 3. The average molecular weight is 2280 g/mol. The molecular weight excluding hydrogens is 2150 g/mol. The monoisotopic (exact) mass is 2270 g/mol. The Hall–Kier alpha value is -13.2. The molecule has 0 radical (unpaired) electrons. The number of ether oxygens (including phenoxy) is 4. The summed E-state index contributed by atoms with van der Waals surface area (Å²) in [5.41, 5.74) is 1.75. The molecule has 14 rings (SSSR count). The molecule has 0 bridgehead atoms. The number of methoxy groups -OCH3 is 2. The Morgan fingerprint density at radius 1 is 0.513 bits per heavy atom. The largest absolute Gasteiger partial charge is 0.494 e. The number of carbonyl (C=O) groups excluding carboxylic acids is 5. The van der Waals surface area contributed by atoms with Gasteiger partial charge in [0.05, 0.1) is 69.4 Å². The summed E-state index contributed by atoms with van der Waals surface area (Å²) in [6.07, 6.45) is 12.2. The minimum atomic E-state index is -3.92. The predicted octanol–water partition coefficient (Wildman–Crippen LogP) is 13.5. The molecule has 13 N–H and O–H groups in total. The van der Waals surface area contributed by atoms with Crippen molar-refractivity contribution in [2.75, 3.05) is 43.3 Å². The van der Waals surface area contributed by atoms with Crippen molar-refractivity contribution >= 4 is 193 Å². The second-order valence-electron chi connectivity index (χ2n) is 40.5. The fourth-order valence-electron chi connectivity index (χ4n) is 15.7. The smallest absolute Gasteiger partial charge is 0.326 e. The number of carboxylic acids is 3. The van der Waals surface area contributed by atoms with Crippen LogP contribution in [0, 0.1) is 102 Å². The first kappa shape index (κ1) is 124. The van der Waals surface area contributed by atoms with Crippen LogP contribution < -0.4 is 66.0 Å². The van der Waals surface area contributed by atoms with E-state index in [1.807, 2.05) is 26.8 Å². The number of fused-ring (bicyclic) bond motifs is 2. The molecule has 8 heterocycles. The standard InChI is InChI=1S/C36H42ClN7O9S.C24H27ClN4O6S.2C12H17N3O4.C6H5BrN2O2.C6H13NO2.2ClH/c1-7-20-15-36(20,34(47)42-54(50,51)23-9-10-23)41-31(45)26-14-22(53-32-25-13-21(37)8-11-24(25)28(52-6)17-39-32)18-43(26)33(46)30(35(3,4)5)40-29-12-19(2)27(16-38-29)44(48)49;1-3-13-10-24(13,23(31)29-36(32,33)16-5-6-16)28-21(30)19-9-15(11-26-19)35-22-18-8-14(25)4-7-17(18)20(34-2)12-27-22;2*1-7-5-9(13-6-8(7)15(18)19)14-10(11(16)17)12(2,3)4;1-4-2-6(7)8-3-5(4)9(10)11;1-6(2,3)4(7)5(8)9;;/h7-8,11-13,16-17,20,22-23,26,30H,1,9-10,14-15,18H2,2-6H3,(H,38,40)(H,41,45)(H,42,47);3-4,7-8,12-13,15-16,19,26H,1,5-6,9-11H2,2H3,(H,28,30)(H,29,31);2*5-6,10H,1-4H3,(H,13,14)(H,16,17);2-3H,1H3;4H,7H2,1-3H3,(H,8,9);2*1H/t20-,22-,26+,30?,36-;13-,15-,19+,24-;;;;4-;;/m11...1../s1. The number of aryl methyl sites for hydroxylation is 4. The Labute approximate surface area is 895 Å². The molecule has 6 aliphatic rings. The summed E-state index contributed by atoms with van der Waals surface area (Å²) in [7, 11) is -4.59. The summed E-state index contributed by atoms with van der Waals surface area (Å²) in [4.78, 5) is 168. The van der Waals surface area contributed by atoms with Gasteiger partial charge in [-0.25, -0.2) is 56.3 Å². The van der Waals surface area contributed by atoms with Crippen molar-refractivity contribution in [3.63, 3.8) is 0 Å². The van der Waals surface area contributed by atoms with Gasteiger partial charge in [0, 0.05) is 85.1 Å². The van der Waals surface area contributed by atoms with Gasteiger partial charge in [0.25, 0.3) is 34.6 Å². The molecular formula is C96H123BrCl4N20O27S2. The van der Waals surface area contributed by atoms with Crippen molar-refractivity contribution in [2.24, 2.45) is 39.2 Å². The van der Waals surface area contributed by atoms with Gasteiger partial charge in [0.15, 0.2) is 0 Å². The molecule has 0 spiro atoms. The summed E-state index contributed by atoms with van der Waals surface area (Å²) in [5.74, 6) is -4.54. The summed E-state index contributed by atoms with van der Waals surface area (Å²) in [6, 6.07) is 11.2. The molecule has 2 aliphatic heterocycles. The zero-order chi connectivity index (χ0) is 111. The van der Waals surface area contributed by atoms with Crippen LogP contribution in [0.15, 0.2) is 128 Å². The summed E-state index contributed by atoms with van der Waals surface area (Å²) in [5, 5.41) is 89.6. The highest BCUT2D eigenvalue weighted by molar-refractivity contribution is 9.10. The highest BCUT2D eigenvalue weighted by atomic mass is 79.9. The molecule has 6 aromatic heterocycles. The molecule has 8 aromatic rings. The lowest BCUT2D eigenvalue weighted by molar-refractivity contribution is -0.385. The number of hydrogen-bond donors (Lipinski definition) is 12. The van der Waals surface area contributed by atoms with Gasteiger partial charge in [-0.3, -0.25) is 78.7 Å². The fourth-order valence-corrected chi connectivity index (χ4v) is 19.2. The highest BCUT2D eigenvalue weighted by Crippen LogP contribution is 2.48. The van der Waals surface area contributed by atoms with Crippen LogP contribution in [0.4, 0.5) is 40.2 Å². The van der Waals surface area contributed by atoms with E-state index in [0.717, 1.165) is 24.0 Å². The van der Waals surface area contributed by atoms with Crippen molar-refractivity contribution in [2.45, 2.75) is 232 Å². The number of halogens is 5. The number of benzene rings is 2. The van der Waals surface area contributed by atoms with E-state index in [-0.39, 0.29) is 96.1 Å². The minimum Gasteiger partial charge on any atom is -0.494 e. The maximum atomic E-state index is 14.7. The third kappa shape index (κ3) is 31.7. The molecule has 4 saturated carbocycles. The van der Waals surface area contributed by atoms with Crippen molar-refractivity contribution in [1.29, 1.82) is 0 Å². The number of carbonyl (C=O) groups is 8. The normalized spacial score (nSPS) is 19.7. The predicted molar refractivity (Wildman–Crippen MR) is 566 cm³/mol. The van der Waals surface area contributed by atoms with E-state index < -0.39 is 173 Å². The topological polar surface area (TPSA) is 678 Å². The molecule has 12 atom stereocenters. The van der Waals surface area contributed by atoms with E-state index in [0.29, 0.717) is 127 Å². The number of nitro groups is 4. The number of aromatic nitrogens is 6. The molecule has 4 aliphatic carbocycles. The van der Waals surface area contributed by atoms with E-state index in [2.05, 4.69) is 100 Å². The van der Waals surface area contributed by atoms with Crippen LogP contribution in [0.1, 0.15) is 157 Å². The van der Waals surface area contributed by atoms with Gasteiger partial charge in [0.1, 0.15) is 112 Å². The lowest BCUT2D eigenvalue weighted by Crippen LogP contribution is -2.58. The zero-order valence-electron chi connectivity index (χ0n) is 85.2. The maximum absolute atomic E-state index is 14.7. The van der Waals surface area contributed by atoms with Crippen LogP contribution in [-0.2, 0) is 58.4 Å². The summed E-state index contributed by atoms with van der Waals surface area (Å²) >= 11 is 15.6. The maximum Gasteiger partial charge on any atom is 0.326 e. The lowest BCUT2D eigenvalue weighted by atomic mass is 9.85. The van der Waals surface area contributed by atoms with E-state index in [1.54, 1.807) is 146 Å². The second-order valence-corrected chi connectivity index (χ2v) is 46.1. The van der Waals surface area contributed by atoms with Gasteiger partial charge in [-0.2, -0.15) is 0 Å². The third-order valence-corrected chi connectivity index (χ3v) is 29.3. The van der Waals surface area contributed by atoms with Gasteiger partial charge >= 0.3 is 17.9 Å². The Morgan fingerprint density at radius 2 is 0.867 bits per heavy atom. The Kier molecular flexibility index (Phi) is 41.3. The van der Waals surface area contributed by atoms with E-state index in [1.165, 1.54) is 48.7 Å². The van der Waals surface area contributed by atoms with Crippen LogP contribution >= 0.6 is 63.9 Å². The van der Waals surface area contributed by atoms with Crippen LogP contribution in [0.3, 0.4) is 0 Å². The van der Waals surface area contributed by atoms with Crippen molar-refractivity contribution in [1.82, 2.24) is 60.2 Å². The fraction of sp³-hybridized carbons (Fsp3) is 0.479. The number of pyridine rings is 6. The number of nitrogens with one attached hydrogen (secondary N) is 8. The van der Waals surface area contributed by atoms with E-state index >= 15 is 0 Å². The zero-order valence-corrected chi connectivity index (χ0v) is 91.6. The molecule has 54 heteroatoms. The van der Waals surface area contributed by atoms with E-state index in [4.69, 9.17) is 53.0 Å². The van der Waals surface area contributed by atoms with Crippen LogP contribution in [0.2, 0.25) is 10.0 Å². The number of nitrogens with zero attached hydrogens (tertiary/aromatic N) is 11. The molecule has 2 saturated heterocycles. The Morgan fingerprint density at radius 3 is 1.17 bits per heavy atom. The number of rotatable bonds is 32. The van der Waals surface area contributed by atoms with Crippen LogP contribution in [0.5, 0.6) is 23.3 Å². The molecule has 6 fully saturated rings. The summed E-state index contributed by atoms with van der Waals surface area (Å²) in [6.45, 7) is 35.7. The number of hydrogen-bond acceptors (Lipinski definition) is 35. The van der Waals surface area contributed by atoms with Crippen molar-refractivity contribution in [3.8, 4) is 23.3 Å². The minimum absolute atomic E-state index is 0. The highest BCUT2D eigenvalue weighted by Gasteiger charge is 2.64. The van der Waals surface area contributed by atoms with Gasteiger partial charge in [-0.05, 0) is 164 Å².